The number of nitrogen functional groups attached to an aromatic ring is 1. The minimum atomic E-state index is -4.46. The second-order valence-electron chi connectivity index (χ2n) is 2.54. The summed E-state index contributed by atoms with van der Waals surface area (Å²) < 4.78 is 32.0. The third-order valence-electron chi connectivity index (χ3n) is 1.68. The summed E-state index contributed by atoms with van der Waals surface area (Å²) in [6, 6.07) is 2.44. The number of rotatable bonds is 1. The Labute approximate surface area is 99.4 Å². The standard InChI is InChI=1S/C7H8ClNO3S.Li/c1-4-6(13(10,11)12)3-2-5(8)7(4)9;/h2-3H,9H2,1H3,(H,10,11,12);/q;+1/p-1. The minimum Gasteiger partial charge on any atom is -0.744 e. The molecule has 0 heterocycles. The zero-order chi connectivity index (χ0) is 10.2. The molecule has 0 spiro atoms. The van der Waals surface area contributed by atoms with Crippen LogP contribution in [0.4, 0.5) is 5.69 Å². The van der Waals surface area contributed by atoms with Gasteiger partial charge in [-0.1, -0.05) is 11.6 Å². The molecule has 0 aliphatic heterocycles. The molecule has 1 rings (SSSR count). The van der Waals surface area contributed by atoms with Gasteiger partial charge in [-0.3, -0.25) is 0 Å². The maximum absolute atomic E-state index is 10.7. The van der Waals surface area contributed by atoms with Crippen molar-refractivity contribution in [3.63, 3.8) is 0 Å². The summed E-state index contributed by atoms with van der Waals surface area (Å²) in [4.78, 5) is -0.325. The third-order valence-corrected chi connectivity index (χ3v) is 2.99. The molecule has 2 N–H and O–H groups in total. The molecule has 0 atom stereocenters. The number of anilines is 1. The number of halogens is 1. The van der Waals surface area contributed by atoms with Crippen molar-refractivity contribution in [1.82, 2.24) is 0 Å². The van der Waals surface area contributed by atoms with Crippen LogP contribution in [0.5, 0.6) is 0 Å². The van der Waals surface area contributed by atoms with E-state index in [0.29, 0.717) is 0 Å². The monoisotopic (exact) mass is 227 g/mol. The molecule has 1 aromatic rings. The Morgan fingerprint density at radius 2 is 1.93 bits per heavy atom. The van der Waals surface area contributed by atoms with Gasteiger partial charge in [-0.15, -0.1) is 0 Å². The molecule has 0 fully saturated rings. The number of hydrogen-bond acceptors (Lipinski definition) is 4. The van der Waals surface area contributed by atoms with Crippen LogP contribution < -0.4 is 24.6 Å². The molecule has 0 saturated carbocycles. The molecule has 0 aliphatic rings. The van der Waals surface area contributed by atoms with Gasteiger partial charge in [-0.25, -0.2) is 8.42 Å². The largest absolute Gasteiger partial charge is 1.00 e. The minimum absolute atomic E-state index is 0. The Kier molecular flexibility index (Phi) is 4.50. The summed E-state index contributed by atoms with van der Waals surface area (Å²) in [5, 5.41) is 0.241. The average Bonchev–Trinajstić information content (AvgIpc) is 1.98. The summed E-state index contributed by atoms with van der Waals surface area (Å²) in [6.45, 7) is 1.44. The van der Waals surface area contributed by atoms with Crippen molar-refractivity contribution in [2.75, 3.05) is 5.73 Å². The Bertz CT molecular complexity index is 446. The summed E-state index contributed by atoms with van der Waals surface area (Å²) in [7, 11) is -4.46. The first-order valence-corrected chi connectivity index (χ1v) is 5.13. The quantitative estimate of drug-likeness (QED) is 0.346. The van der Waals surface area contributed by atoms with E-state index >= 15 is 0 Å². The van der Waals surface area contributed by atoms with Gasteiger partial charge in [0.25, 0.3) is 0 Å². The van der Waals surface area contributed by atoms with Crippen LogP contribution in [0.15, 0.2) is 17.0 Å². The van der Waals surface area contributed by atoms with Crippen molar-refractivity contribution in [1.29, 1.82) is 0 Å². The molecule has 14 heavy (non-hydrogen) atoms. The smallest absolute Gasteiger partial charge is 0.744 e. The van der Waals surface area contributed by atoms with E-state index in [4.69, 9.17) is 17.3 Å². The van der Waals surface area contributed by atoms with E-state index < -0.39 is 10.1 Å². The van der Waals surface area contributed by atoms with Crippen molar-refractivity contribution in [3.8, 4) is 0 Å². The predicted octanol–water partition coefficient (Wildman–Crippen LogP) is -1.86. The van der Waals surface area contributed by atoms with Gasteiger partial charge >= 0.3 is 18.9 Å². The molecule has 4 nitrogen and oxygen atoms in total. The van der Waals surface area contributed by atoms with E-state index in [1.807, 2.05) is 0 Å². The van der Waals surface area contributed by atoms with E-state index in [2.05, 4.69) is 0 Å². The number of nitrogens with two attached hydrogens (primary N) is 1. The maximum atomic E-state index is 10.7. The Morgan fingerprint density at radius 3 is 2.36 bits per heavy atom. The fourth-order valence-electron chi connectivity index (χ4n) is 0.946. The van der Waals surface area contributed by atoms with E-state index in [0.717, 1.165) is 6.07 Å². The second kappa shape index (κ2) is 4.56. The van der Waals surface area contributed by atoms with Crippen molar-refractivity contribution in [3.05, 3.63) is 22.7 Å². The van der Waals surface area contributed by atoms with Crippen LogP contribution in [0.25, 0.3) is 0 Å². The van der Waals surface area contributed by atoms with Crippen molar-refractivity contribution in [2.45, 2.75) is 11.8 Å². The molecule has 0 aromatic heterocycles. The molecule has 0 amide bonds. The maximum Gasteiger partial charge on any atom is 1.00 e. The fraction of sp³-hybridized carbons (Fsp3) is 0.143. The Balaban J connectivity index is 0.00000169. The van der Waals surface area contributed by atoms with Crippen LogP contribution >= 0.6 is 11.6 Å². The third kappa shape index (κ3) is 2.66. The number of benzene rings is 1. The van der Waals surface area contributed by atoms with Crippen molar-refractivity contribution < 1.29 is 31.8 Å². The van der Waals surface area contributed by atoms with E-state index in [9.17, 15) is 13.0 Å². The Hall–Kier alpha value is -0.183. The van der Waals surface area contributed by atoms with Gasteiger partial charge in [-0.2, -0.15) is 0 Å². The van der Waals surface area contributed by atoms with Gasteiger partial charge in [0.2, 0.25) is 0 Å². The number of hydrogen-bond donors (Lipinski definition) is 1. The predicted molar refractivity (Wildman–Crippen MR) is 48.6 cm³/mol. The molecule has 1 aromatic carbocycles. The molecule has 7 heteroatoms. The van der Waals surface area contributed by atoms with Crippen LogP contribution in [-0.4, -0.2) is 13.0 Å². The summed E-state index contributed by atoms with van der Waals surface area (Å²) in [5.74, 6) is 0. The van der Waals surface area contributed by atoms with E-state index in [1.54, 1.807) is 0 Å². The van der Waals surface area contributed by atoms with Gasteiger partial charge in [0.1, 0.15) is 10.1 Å². The fourth-order valence-corrected chi connectivity index (χ4v) is 1.87. The molecule has 0 bridgehead atoms. The average molecular weight is 228 g/mol. The molecule has 0 unspecified atom stereocenters. The topological polar surface area (TPSA) is 83.2 Å². The SMILES string of the molecule is Cc1c(S(=O)(=O)[O-])ccc(Cl)c1N.[Li+]. The molecule has 0 radical (unpaired) electrons. The summed E-state index contributed by atoms with van der Waals surface area (Å²) in [5.41, 5.74) is 5.76. The van der Waals surface area contributed by atoms with Gasteiger partial charge in [0, 0.05) is 0 Å². The zero-order valence-electron chi connectivity index (χ0n) is 7.74. The second-order valence-corrected chi connectivity index (χ2v) is 4.29. The van der Waals surface area contributed by atoms with Crippen LogP contribution in [0.2, 0.25) is 5.02 Å². The van der Waals surface area contributed by atoms with Crippen LogP contribution in [-0.2, 0) is 10.1 Å². The van der Waals surface area contributed by atoms with Crippen LogP contribution in [0.3, 0.4) is 0 Å². The van der Waals surface area contributed by atoms with Gasteiger partial charge < -0.3 is 10.3 Å². The van der Waals surface area contributed by atoms with Gasteiger partial charge in [-0.05, 0) is 24.6 Å². The molecule has 72 valence electrons. The van der Waals surface area contributed by atoms with Crippen molar-refractivity contribution >= 4 is 27.4 Å². The molecular formula is C7H7ClLiNO3S. The van der Waals surface area contributed by atoms with Gasteiger partial charge in [0.15, 0.2) is 0 Å². The Morgan fingerprint density at radius 1 is 1.43 bits per heavy atom. The van der Waals surface area contributed by atoms with Gasteiger partial charge in [0.05, 0.1) is 15.6 Å². The first-order chi connectivity index (χ1) is 5.84. The first-order valence-electron chi connectivity index (χ1n) is 3.34. The van der Waals surface area contributed by atoms with Crippen LogP contribution in [0, 0.1) is 6.92 Å². The summed E-state index contributed by atoms with van der Waals surface area (Å²) in [6.07, 6.45) is 0. The van der Waals surface area contributed by atoms with E-state index in [1.165, 1.54) is 13.0 Å². The normalized spacial score (nSPS) is 10.8. The zero-order valence-corrected chi connectivity index (χ0v) is 9.32. The molecule has 0 aliphatic carbocycles. The molecular weight excluding hydrogens is 221 g/mol. The first kappa shape index (κ1) is 13.8. The van der Waals surface area contributed by atoms with E-state index in [-0.39, 0.29) is 40.0 Å². The van der Waals surface area contributed by atoms with Crippen LogP contribution in [0.1, 0.15) is 5.56 Å². The summed E-state index contributed by atoms with van der Waals surface area (Å²) >= 11 is 5.61. The molecule has 0 saturated heterocycles. The van der Waals surface area contributed by atoms with Crippen molar-refractivity contribution in [2.24, 2.45) is 0 Å².